The molecule has 1 aliphatic rings. The highest BCUT2D eigenvalue weighted by atomic mass is 16.3. The van der Waals surface area contributed by atoms with Crippen LogP contribution in [0.15, 0.2) is 12.7 Å². The van der Waals surface area contributed by atoms with E-state index < -0.39 is 0 Å². The molecule has 0 bridgehead atoms. The molecule has 1 unspecified atom stereocenters. The first-order valence-electron chi connectivity index (χ1n) is 5.67. The fraction of sp³-hybridized carbons (Fsp3) is 0.750. The minimum Gasteiger partial charge on any atom is -0.396 e. The predicted molar refractivity (Wildman–Crippen MR) is 64.1 cm³/mol. The van der Waals surface area contributed by atoms with Gasteiger partial charge in [-0.3, -0.25) is 9.69 Å². The molecule has 1 fully saturated rings. The number of rotatable bonds is 4. The molecule has 0 saturated carbocycles. The molecule has 0 aliphatic carbocycles. The first-order chi connectivity index (χ1) is 7.44. The predicted octanol–water partition coefficient (Wildman–Crippen LogP) is 0.476. The van der Waals surface area contributed by atoms with Gasteiger partial charge in [-0.1, -0.05) is 6.08 Å². The third kappa shape index (κ3) is 2.44. The van der Waals surface area contributed by atoms with Gasteiger partial charge in [0.25, 0.3) is 0 Å². The van der Waals surface area contributed by atoms with Crippen LogP contribution in [0, 0.1) is 0 Å². The molecule has 0 radical (unpaired) electrons. The summed E-state index contributed by atoms with van der Waals surface area (Å²) in [5.41, 5.74) is -0.0727. The lowest BCUT2D eigenvalue weighted by molar-refractivity contribution is -0.148. The van der Waals surface area contributed by atoms with Gasteiger partial charge in [0.05, 0.1) is 6.04 Å². The molecule has 1 atom stereocenters. The molecule has 1 heterocycles. The zero-order valence-electron chi connectivity index (χ0n) is 10.4. The molecule has 4 nitrogen and oxygen atoms in total. The van der Waals surface area contributed by atoms with E-state index in [9.17, 15) is 4.79 Å². The lowest BCUT2D eigenvalue weighted by Gasteiger charge is -2.49. The topological polar surface area (TPSA) is 43.8 Å². The standard InChI is InChI=1S/C12H22N2O2/c1-5-7-14-10(6-8-15)11(16)13(4)9-12(14,2)3/h5,10,15H,1,6-9H2,2-4H3. The number of amides is 1. The summed E-state index contributed by atoms with van der Waals surface area (Å²) in [5, 5.41) is 9.06. The number of carbonyl (C=O) groups is 1. The molecular formula is C12H22N2O2. The maximum Gasteiger partial charge on any atom is 0.239 e. The van der Waals surface area contributed by atoms with E-state index in [-0.39, 0.29) is 24.1 Å². The van der Waals surface area contributed by atoms with Crippen molar-refractivity contribution >= 4 is 5.91 Å². The second kappa shape index (κ2) is 4.97. The second-order valence-corrected chi connectivity index (χ2v) is 4.98. The van der Waals surface area contributed by atoms with Gasteiger partial charge in [-0.2, -0.15) is 0 Å². The van der Waals surface area contributed by atoms with Crippen molar-refractivity contribution in [2.45, 2.75) is 31.8 Å². The third-order valence-corrected chi connectivity index (χ3v) is 3.17. The quantitative estimate of drug-likeness (QED) is 0.709. The van der Waals surface area contributed by atoms with E-state index in [0.717, 1.165) is 0 Å². The minimum absolute atomic E-state index is 0.0357. The van der Waals surface area contributed by atoms with E-state index >= 15 is 0 Å². The molecular weight excluding hydrogens is 204 g/mol. The first kappa shape index (κ1) is 13.2. The highest BCUT2D eigenvalue weighted by Gasteiger charge is 2.42. The fourth-order valence-electron chi connectivity index (χ4n) is 2.47. The normalized spacial score (nSPS) is 25.9. The van der Waals surface area contributed by atoms with Crippen LogP contribution in [0.2, 0.25) is 0 Å². The van der Waals surface area contributed by atoms with E-state index in [4.69, 9.17) is 5.11 Å². The van der Waals surface area contributed by atoms with Gasteiger partial charge in [0.15, 0.2) is 0 Å². The molecule has 4 heteroatoms. The highest BCUT2D eigenvalue weighted by molar-refractivity contribution is 5.82. The lowest BCUT2D eigenvalue weighted by Crippen LogP contribution is -2.65. The summed E-state index contributed by atoms with van der Waals surface area (Å²) in [6, 6.07) is -0.225. The van der Waals surface area contributed by atoms with E-state index in [1.54, 1.807) is 4.90 Å². The van der Waals surface area contributed by atoms with Crippen LogP contribution in [-0.2, 0) is 4.79 Å². The maximum absolute atomic E-state index is 12.0. The summed E-state index contributed by atoms with van der Waals surface area (Å²) in [5.74, 6) is 0.0928. The molecule has 0 aromatic carbocycles. The second-order valence-electron chi connectivity index (χ2n) is 4.98. The van der Waals surface area contributed by atoms with E-state index in [2.05, 4.69) is 25.3 Å². The number of likely N-dealkylation sites (N-methyl/N-ethyl adjacent to an activating group) is 1. The minimum atomic E-state index is -0.225. The molecule has 92 valence electrons. The Balaban J connectivity index is 2.94. The van der Waals surface area contributed by atoms with Crippen molar-refractivity contribution in [1.82, 2.24) is 9.80 Å². The van der Waals surface area contributed by atoms with Gasteiger partial charge in [-0.15, -0.1) is 6.58 Å². The van der Waals surface area contributed by atoms with Crippen LogP contribution in [0.5, 0.6) is 0 Å². The summed E-state index contributed by atoms with van der Waals surface area (Å²) in [4.78, 5) is 15.9. The molecule has 0 aromatic heterocycles. The zero-order valence-corrected chi connectivity index (χ0v) is 10.4. The number of aliphatic hydroxyl groups is 1. The van der Waals surface area contributed by atoms with Crippen molar-refractivity contribution in [2.24, 2.45) is 0 Å². The molecule has 1 N–H and O–H groups in total. The van der Waals surface area contributed by atoms with Crippen LogP contribution in [-0.4, -0.2) is 59.1 Å². The van der Waals surface area contributed by atoms with Crippen molar-refractivity contribution in [1.29, 1.82) is 0 Å². The first-order valence-corrected chi connectivity index (χ1v) is 5.67. The highest BCUT2D eigenvalue weighted by Crippen LogP contribution is 2.26. The Kier molecular flexibility index (Phi) is 4.10. The number of nitrogens with zero attached hydrogens (tertiary/aromatic N) is 2. The number of aliphatic hydroxyl groups excluding tert-OH is 1. The Morgan fingerprint density at radius 1 is 1.62 bits per heavy atom. The van der Waals surface area contributed by atoms with Crippen molar-refractivity contribution < 1.29 is 9.90 Å². The summed E-state index contributed by atoms with van der Waals surface area (Å²) >= 11 is 0. The van der Waals surface area contributed by atoms with Gasteiger partial charge in [0.2, 0.25) is 5.91 Å². The van der Waals surface area contributed by atoms with Crippen LogP contribution in [0.3, 0.4) is 0 Å². The molecule has 1 saturated heterocycles. The monoisotopic (exact) mass is 226 g/mol. The van der Waals surface area contributed by atoms with Crippen LogP contribution in [0.4, 0.5) is 0 Å². The van der Waals surface area contributed by atoms with E-state index in [1.807, 2.05) is 13.1 Å². The molecule has 0 aromatic rings. The Hall–Kier alpha value is -0.870. The molecule has 1 rings (SSSR count). The van der Waals surface area contributed by atoms with Crippen molar-refractivity contribution in [3.8, 4) is 0 Å². The van der Waals surface area contributed by atoms with Gasteiger partial charge in [-0.05, 0) is 20.3 Å². The maximum atomic E-state index is 12.0. The van der Waals surface area contributed by atoms with Crippen molar-refractivity contribution in [3.63, 3.8) is 0 Å². The Labute approximate surface area is 97.5 Å². The average Bonchev–Trinajstić information content (AvgIpc) is 2.19. The third-order valence-electron chi connectivity index (χ3n) is 3.17. The molecule has 1 amide bonds. The molecule has 16 heavy (non-hydrogen) atoms. The van der Waals surface area contributed by atoms with Crippen LogP contribution in [0.1, 0.15) is 20.3 Å². The van der Waals surface area contributed by atoms with E-state index in [0.29, 0.717) is 19.5 Å². The number of carbonyl (C=O) groups excluding carboxylic acids is 1. The number of hydrogen-bond donors (Lipinski definition) is 1. The van der Waals surface area contributed by atoms with Gasteiger partial charge < -0.3 is 10.0 Å². The Morgan fingerprint density at radius 3 is 2.75 bits per heavy atom. The van der Waals surface area contributed by atoms with Gasteiger partial charge >= 0.3 is 0 Å². The smallest absolute Gasteiger partial charge is 0.239 e. The largest absolute Gasteiger partial charge is 0.396 e. The lowest BCUT2D eigenvalue weighted by atomic mass is 9.93. The van der Waals surface area contributed by atoms with Crippen LogP contribution >= 0.6 is 0 Å². The van der Waals surface area contributed by atoms with Crippen LogP contribution < -0.4 is 0 Å². The van der Waals surface area contributed by atoms with Gasteiger partial charge in [0, 0.05) is 32.3 Å². The van der Waals surface area contributed by atoms with Gasteiger partial charge in [0.1, 0.15) is 0 Å². The summed E-state index contributed by atoms with van der Waals surface area (Å²) < 4.78 is 0. The van der Waals surface area contributed by atoms with Crippen LogP contribution in [0.25, 0.3) is 0 Å². The van der Waals surface area contributed by atoms with Gasteiger partial charge in [-0.25, -0.2) is 0 Å². The average molecular weight is 226 g/mol. The number of piperazine rings is 1. The van der Waals surface area contributed by atoms with E-state index in [1.165, 1.54) is 0 Å². The van der Waals surface area contributed by atoms with Crippen molar-refractivity contribution in [3.05, 3.63) is 12.7 Å². The molecule has 1 aliphatic heterocycles. The zero-order chi connectivity index (χ0) is 12.3. The molecule has 0 spiro atoms. The SMILES string of the molecule is C=CCN1C(CCO)C(=O)N(C)CC1(C)C. The summed E-state index contributed by atoms with van der Waals surface area (Å²) in [7, 11) is 1.82. The summed E-state index contributed by atoms with van der Waals surface area (Å²) in [6.45, 7) is 9.38. The van der Waals surface area contributed by atoms with Crippen molar-refractivity contribution in [2.75, 3.05) is 26.7 Å². The Bertz CT molecular complexity index is 276. The number of hydrogen-bond acceptors (Lipinski definition) is 3. The summed E-state index contributed by atoms with van der Waals surface area (Å²) in [6.07, 6.45) is 2.30. The fourth-order valence-corrected chi connectivity index (χ4v) is 2.47. The Morgan fingerprint density at radius 2 is 2.25 bits per heavy atom.